The Balaban J connectivity index is 0.00000529. The first-order chi connectivity index (χ1) is 11.1. The van der Waals surface area contributed by atoms with E-state index in [1.165, 1.54) is 32.4 Å². The van der Waals surface area contributed by atoms with Gasteiger partial charge in [-0.2, -0.15) is 0 Å². The van der Waals surface area contributed by atoms with Gasteiger partial charge in [-0.25, -0.2) is 0 Å². The highest BCUT2D eigenvalue weighted by Gasteiger charge is 2.16. The summed E-state index contributed by atoms with van der Waals surface area (Å²) in [7, 11) is 4.06. The fraction of sp³-hybridized carbons (Fsp3) is 0.944. The highest BCUT2D eigenvalue weighted by molar-refractivity contribution is 14.0. The average Bonchev–Trinajstić information content (AvgIpc) is 2.54. The van der Waals surface area contributed by atoms with Crippen LogP contribution < -0.4 is 10.6 Å². The lowest BCUT2D eigenvalue weighted by Gasteiger charge is -2.29. The summed E-state index contributed by atoms with van der Waals surface area (Å²) in [4.78, 5) is 6.74. The van der Waals surface area contributed by atoms with Crippen molar-refractivity contribution in [1.82, 2.24) is 15.5 Å². The van der Waals surface area contributed by atoms with Gasteiger partial charge < -0.3 is 20.3 Å². The van der Waals surface area contributed by atoms with E-state index in [0.717, 1.165) is 38.0 Å². The minimum absolute atomic E-state index is 0. The van der Waals surface area contributed by atoms with Crippen LogP contribution in [-0.2, 0) is 4.74 Å². The third-order valence-electron chi connectivity index (χ3n) is 4.75. The lowest BCUT2D eigenvalue weighted by Crippen LogP contribution is -2.40. The predicted octanol–water partition coefficient (Wildman–Crippen LogP) is 2.95. The van der Waals surface area contributed by atoms with Crippen molar-refractivity contribution < 1.29 is 4.74 Å². The maximum absolute atomic E-state index is 5.78. The molecule has 1 unspecified atom stereocenters. The van der Waals surface area contributed by atoms with E-state index < -0.39 is 0 Å². The molecule has 1 aliphatic rings. The number of nitrogens with one attached hydrogen (secondary N) is 2. The second-order valence-corrected chi connectivity index (χ2v) is 6.99. The number of rotatable bonds is 9. The number of hydrogen-bond acceptors (Lipinski definition) is 3. The van der Waals surface area contributed by atoms with Gasteiger partial charge in [0.05, 0.1) is 6.10 Å². The van der Waals surface area contributed by atoms with E-state index in [1.54, 1.807) is 0 Å². The van der Waals surface area contributed by atoms with E-state index in [9.17, 15) is 0 Å². The van der Waals surface area contributed by atoms with E-state index in [0.29, 0.717) is 12.0 Å². The fourth-order valence-corrected chi connectivity index (χ4v) is 3.12. The van der Waals surface area contributed by atoms with E-state index >= 15 is 0 Å². The molecule has 1 aliphatic heterocycles. The van der Waals surface area contributed by atoms with Crippen molar-refractivity contribution in [2.75, 3.05) is 46.9 Å². The SMILES string of the molecule is CCOC(CCNC(=NC)NCCC1CCN(C)CC1)C(C)C.I. The van der Waals surface area contributed by atoms with E-state index in [-0.39, 0.29) is 24.0 Å². The largest absolute Gasteiger partial charge is 0.378 e. The summed E-state index contributed by atoms with van der Waals surface area (Å²) in [6.45, 7) is 11.7. The summed E-state index contributed by atoms with van der Waals surface area (Å²) in [6, 6.07) is 0. The standard InChI is InChI=1S/C18H38N4O.HI/c1-6-23-17(15(2)3)8-12-21-18(19-4)20-11-7-16-9-13-22(5)14-10-16;/h15-17H,6-14H2,1-5H3,(H2,19,20,21);1H. The van der Waals surface area contributed by atoms with Gasteiger partial charge in [-0.1, -0.05) is 13.8 Å². The lowest BCUT2D eigenvalue weighted by molar-refractivity contribution is 0.0258. The average molecular weight is 454 g/mol. The van der Waals surface area contributed by atoms with Gasteiger partial charge in [-0.15, -0.1) is 24.0 Å². The summed E-state index contributed by atoms with van der Waals surface area (Å²) in [6.07, 6.45) is 5.23. The van der Waals surface area contributed by atoms with Gasteiger partial charge in [0.1, 0.15) is 0 Å². The number of ether oxygens (including phenoxy) is 1. The lowest BCUT2D eigenvalue weighted by atomic mass is 9.94. The van der Waals surface area contributed by atoms with Crippen LogP contribution >= 0.6 is 24.0 Å². The van der Waals surface area contributed by atoms with Crippen LogP contribution in [0.4, 0.5) is 0 Å². The van der Waals surface area contributed by atoms with Gasteiger partial charge >= 0.3 is 0 Å². The fourth-order valence-electron chi connectivity index (χ4n) is 3.12. The molecule has 0 aromatic heterocycles. The molecule has 24 heavy (non-hydrogen) atoms. The summed E-state index contributed by atoms with van der Waals surface area (Å²) in [5.74, 6) is 2.33. The monoisotopic (exact) mass is 454 g/mol. The first-order valence-electron chi connectivity index (χ1n) is 9.31. The van der Waals surface area contributed by atoms with Gasteiger partial charge in [0.2, 0.25) is 0 Å². The third kappa shape index (κ3) is 10.0. The molecule has 5 nitrogen and oxygen atoms in total. The van der Waals surface area contributed by atoms with Gasteiger partial charge in [0.15, 0.2) is 5.96 Å². The van der Waals surface area contributed by atoms with Crippen molar-refractivity contribution in [3.8, 4) is 0 Å². The maximum atomic E-state index is 5.78. The molecule has 0 saturated carbocycles. The zero-order chi connectivity index (χ0) is 17.1. The second kappa shape index (κ2) is 14.1. The minimum Gasteiger partial charge on any atom is -0.378 e. The number of halogens is 1. The zero-order valence-corrected chi connectivity index (χ0v) is 18.6. The molecule has 0 spiro atoms. The Morgan fingerprint density at radius 1 is 1.21 bits per heavy atom. The molecular weight excluding hydrogens is 415 g/mol. The molecule has 0 aromatic rings. The van der Waals surface area contributed by atoms with E-state index in [2.05, 4.69) is 48.3 Å². The molecule has 1 saturated heterocycles. The molecule has 1 heterocycles. The molecule has 1 atom stereocenters. The van der Waals surface area contributed by atoms with Gasteiger partial charge in [-0.3, -0.25) is 4.99 Å². The van der Waals surface area contributed by atoms with Crippen LogP contribution in [0.1, 0.15) is 46.5 Å². The van der Waals surface area contributed by atoms with Crippen LogP contribution in [0.5, 0.6) is 0 Å². The smallest absolute Gasteiger partial charge is 0.190 e. The van der Waals surface area contributed by atoms with Crippen LogP contribution in [-0.4, -0.2) is 63.8 Å². The minimum atomic E-state index is 0. The Morgan fingerprint density at radius 3 is 2.38 bits per heavy atom. The molecule has 0 radical (unpaired) electrons. The molecule has 0 aromatic carbocycles. The van der Waals surface area contributed by atoms with Crippen LogP contribution in [0.25, 0.3) is 0 Å². The van der Waals surface area contributed by atoms with Crippen LogP contribution in [0.2, 0.25) is 0 Å². The topological polar surface area (TPSA) is 48.9 Å². The summed E-state index contributed by atoms with van der Waals surface area (Å²) in [5.41, 5.74) is 0. The first-order valence-corrected chi connectivity index (χ1v) is 9.31. The summed E-state index contributed by atoms with van der Waals surface area (Å²) in [5, 5.41) is 6.86. The number of likely N-dealkylation sites (tertiary alicyclic amines) is 1. The van der Waals surface area contributed by atoms with Crippen molar-refractivity contribution in [2.24, 2.45) is 16.8 Å². The zero-order valence-electron chi connectivity index (χ0n) is 16.3. The van der Waals surface area contributed by atoms with Crippen molar-refractivity contribution in [3.05, 3.63) is 0 Å². The Morgan fingerprint density at radius 2 is 1.83 bits per heavy atom. The Kier molecular flexibility index (Phi) is 14.1. The Labute approximate surface area is 166 Å². The van der Waals surface area contributed by atoms with Crippen molar-refractivity contribution >= 4 is 29.9 Å². The predicted molar refractivity (Wildman–Crippen MR) is 114 cm³/mol. The molecule has 6 heteroatoms. The van der Waals surface area contributed by atoms with Gasteiger partial charge in [0.25, 0.3) is 0 Å². The van der Waals surface area contributed by atoms with Gasteiger partial charge in [0, 0.05) is 26.7 Å². The Hall–Kier alpha value is -0.0800. The molecule has 2 N–H and O–H groups in total. The van der Waals surface area contributed by atoms with Crippen LogP contribution in [0.3, 0.4) is 0 Å². The normalized spacial score (nSPS) is 18.3. The Bertz CT molecular complexity index is 331. The summed E-state index contributed by atoms with van der Waals surface area (Å²) < 4.78 is 5.78. The van der Waals surface area contributed by atoms with Crippen LogP contribution in [0, 0.1) is 11.8 Å². The number of nitrogens with zero attached hydrogens (tertiary/aromatic N) is 2. The highest BCUT2D eigenvalue weighted by atomic mass is 127. The molecule has 144 valence electrons. The summed E-state index contributed by atoms with van der Waals surface area (Å²) >= 11 is 0. The van der Waals surface area contributed by atoms with Crippen molar-refractivity contribution in [3.63, 3.8) is 0 Å². The van der Waals surface area contributed by atoms with Crippen molar-refractivity contribution in [2.45, 2.75) is 52.6 Å². The first kappa shape index (κ1) is 23.9. The number of guanidine groups is 1. The second-order valence-electron chi connectivity index (χ2n) is 6.99. The quantitative estimate of drug-likeness (QED) is 0.320. The molecular formula is C18H39IN4O. The van der Waals surface area contributed by atoms with Crippen LogP contribution in [0.15, 0.2) is 4.99 Å². The number of piperidine rings is 1. The van der Waals surface area contributed by atoms with E-state index in [1.807, 2.05) is 7.05 Å². The maximum Gasteiger partial charge on any atom is 0.190 e. The number of hydrogen-bond donors (Lipinski definition) is 2. The van der Waals surface area contributed by atoms with E-state index in [4.69, 9.17) is 4.74 Å². The molecule has 0 aliphatic carbocycles. The number of aliphatic imine (C=N–C) groups is 1. The third-order valence-corrected chi connectivity index (χ3v) is 4.75. The van der Waals surface area contributed by atoms with Crippen molar-refractivity contribution in [1.29, 1.82) is 0 Å². The van der Waals surface area contributed by atoms with Gasteiger partial charge in [-0.05, 0) is 64.6 Å². The molecule has 1 fully saturated rings. The molecule has 0 amide bonds. The molecule has 1 rings (SSSR count). The highest BCUT2D eigenvalue weighted by Crippen LogP contribution is 2.18. The molecule has 0 bridgehead atoms.